The predicted molar refractivity (Wildman–Crippen MR) is 83.2 cm³/mol. The first-order valence-corrected chi connectivity index (χ1v) is 7.18. The summed E-state index contributed by atoms with van der Waals surface area (Å²) in [5.41, 5.74) is 11.7. The lowest BCUT2D eigenvalue weighted by Gasteiger charge is -2.18. The fourth-order valence-electron chi connectivity index (χ4n) is 1.53. The molecule has 7 heteroatoms. The van der Waals surface area contributed by atoms with Crippen LogP contribution in [0.25, 0.3) is 0 Å². The van der Waals surface area contributed by atoms with Crippen molar-refractivity contribution in [2.45, 2.75) is 26.8 Å². The van der Waals surface area contributed by atoms with E-state index in [1.54, 1.807) is 14.1 Å². The van der Waals surface area contributed by atoms with Crippen molar-refractivity contribution in [3.05, 3.63) is 10.4 Å². The molecule has 1 unspecified atom stereocenters. The Morgan fingerprint density at radius 3 is 2.20 bits per heavy atom. The summed E-state index contributed by atoms with van der Waals surface area (Å²) in [7, 11) is 3.27. The smallest absolute Gasteiger partial charge is 0.265 e. The fraction of sp³-hybridized carbons (Fsp3) is 0.538. The second-order valence-corrected chi connectivity index (χ2v) is 6.31. The summed E-state index contributed by atoms with van der Waals surface area (Å²) in [5, 5.41) is 3.77. The van der Waals surface area contributed by atoms with Crippen molar-refractivity contribution in [2.75, 3.05) is 25.1 Å². The summed E-state index contributed by atoms with van der Waals surface area (Å²) in [6, 6.07) is 0.133. The minimum absolute atomic E-state index is 0.133. The Hall–Kier alpha value is -1.76. The Labute approximate surface area is 123 Å². The lowest BCUT2D eigenvalue weighted by Crippen LogP contribution is -2.23. The van der Waals surface area contributed by atoms with Crippen LogP contribution in [-0.4, -0.2) is 36.9 Å². The molecule has 0 bridgehead atoms. The van der Waals surface area contributed by atoms with Gasteiger partial charge in [0.15, 0.2) is 0 Å². The van der Waals surface area contributed by atoms with Gasteiger partial charge >= 0.3 is 0 Å². The molecule has 0 saturated carbocycles. The van der Waals surface area contributed by atoms with Crippen LogP contribution in [0.4, 0.5) is 10.7 Å². The number of nitrogens with one attached hydrogen (secondary N) is 1. The lowest BCUT2D eigenvalue weighted by molar-refractivity contribution is 0.0833. The third-order valence-electron chi connectivity index (χ3n) is 3.15. The Balaban J connectivity index is 3.27. The fourth-order valence-corrected chi connectivity index (χ4v) is 2.77. The number of primary amides is 1. The van der Waals surface area contributed by atoms with E-state index < -0.39 is 5.91 Å². The minimum atomic E-state index is -0.630. The average Bonchev–Trinajstić information content (AvgIpc) is 2.64. The summed E-state index contributed by atoms with van der Waals surface area (Å²) in [5.74, 6) is -0.498. The number of rotatable bonds is 5. The van der Waals surface area contributed by atoms with Crippen LogP contribution in [0.2, 0.25) is 0 Å². The molecule has 0 saturated heterocycles. The third-order valence-corrected chi connectivity index (χ3v) is 4.28. The van der Waals surface area contributed by atoms with Gasteiger partial charge in [-0.05, 0) is 12.8 Å². The number of hydrogen-bond acceptors (Lipinski definition) is 5. The molecule has 0 aliphatic rings. The Morgan fingerprint density at radius 1 is 1.25 bits per heavy atom. The maximum Gasteiger partial charge on any atom is 0.265 e. The molecule has 0 aliphatic carbocycles. The molecule has 0 aliphatic heterocycles. The summed E-state index contributed by atoms with van der Waals surface area (Å²) >= 11 is 1.17. The number of carbonyl (C=O) groups is 2. The van der Waals surface area contributed by atoms with Crippen LogP contribution in [0.1, 0.15) is 40.8 Å². The van der Waals surface area contributed by atoms with Crippen LogP contribution in [0, 0.1) is 5.92 Å². The van der Waals surface area contributed by atoms with Crippen LogP contribution in [0.15, 0.2) is 0 Å². The highest BCUT2D eigenvalue weighted by atomic mass is 32.1. The molecule has 1 atom stereocenters. The van der Waals surface area contributed by atoms with E-state index in [0.29, 0.717) is 15.8 Å². The Kier molecular flexibility index (Phi) is 4.99. The van der Waals surface area contributed by atoms with E-state index in [1.165, 1.54) is 16.2 Å². The standard InChI is InChI=1S/C13H22N4O2S/c1-6(2)7(3)16-12-8(11(15)18)9(14)10(20-12)13(19)17(4)5/h6-7,16H,14H2,1-5H3,(H2,15,18). The first-order valence-electron chi connectivity index (χ1n) is 6.37. The van der Waals surface area contributed by atoms with Gasteiger partial charge in [-0.2, -0.15) is 0 Å². The molecule has 0 radical (unpaired) electrons. The molecular formula is C13H22N4O2S. The molecule has 1 heterocycles. The average molecular weight is 298 g/mol. The minimum Gasteiger partial charge on any atom is -0.397 e. The zero-order valence-corrected chi connectivity index (χ0v) is 13.3. The van der Waals surface area contributed by atoms with Crippen LogP contribution in [0.5, 0.6) is 0 Å². The Bertz CT molecular complexity index is 523. The molecule has 6 nitrogen and oxygen atoms in total. The monoisotopic (exact) mass is 298 g/mol. The van der Waals surface area contributed by atoms with Gasteiger partial charge in [-0.3, -0.25) is 9.59 Å². The number of amides is 2. The number of nitrogens with zero attached hydrogens (tertiary/aromatic N) is 1. The van der Waals surface area contributed by atoms with Crippen molar-refractivity contribution in [3.63, 3.8) is 0 Å². The molecular weight excluding hydrogens is 276 g/mol. The zero-order chi connectivity index (χ0) is 15.6. The van der Waals surface area contributed by atoms with Crippen LogP contribution >= 0.6 is 11.3 Å². The Morgan fingerprint density at radius 2 is 1.80 bits per heavy atom. The van der Waals surface area contributed by atoms with Crippen molar-refractivity contribution in [1.29, 1.82) is 0 Å². The summed E-state index contributed by atoms with van der Waals surface area (Å²) in [6.07, 6.45) is 0. The van der Waals surface area contributed by atoms with E-state index in [0.717, 1.165) is 0 Å². The number of nitrogen functional groups attached to an aromatic ring is 1. The number of hydrogen-bond donors (Lipinski definition) is 3. The molecule has 1 aromatic heterocycles. The largest absolute Gasteiger partial charge is 0.397 e. The van der Waals surface area contributed by atoms with Gasteiger partial charge in [0.25, 0.3) is 11.8 Å². The van der Waals surface area contributed by atoms with Gasteiger partial charge in [0.05, 0.1) is 11.3 Å². The quantitative estimate of drug-likeness (QED) is 0.768. The van der Waals surface area contributed by atoms with E-state index >= 15 is 0 Å². The maximum absolute atomic E-state index is 12.0. The first kappa shape index (κ1) is 16.3. The van der Waals surface area contributed by atoms with Crippen molar-refractivity contribution >= 4 is 33.8 Å². The van der Waals surface area contributed by atoms with Crippen molar-refractivity contribution in [1.82, 2.24) is 4.90 Å². The first-order chi connectivity index (χ1) is 9.16. The summed E-state index contributed by atoms with van der Waals surface area (Å²) < 4.78 is 0. The van der Waals surface area contributed by atoms with E-state index in [9.17, 15) is 9.59 Å². The highest BCUT2D eigenvalue weighted by Gasteiger charge is 2.26. The normalized spacial score (nSPS) is 12.3. The second-order valence-electron chi connectivity index (χ2n) is 5.29. The molecule has 2 amide bonds. The summed E-state index contributed by atoms with van der Waals surface area (Å²) in [6.45, 7) is 6.12. The molecule has 0 fully saturated rings. The van der Waals surface area contributed by atoms with E-state index in [1.807, 2.05) is 6.92 Å². The number of anilines is 2. The van der Waals surface area contributed by atoms with E-state index in [2.05, 4.69) is 19.2 Å². The topological polar surface area (TPSA) is 101 Å². The highest BCUT2D eigenvalue weighted by molar-refractivity contribution is 7.19. The van der Waals surface area contributed by atoms with Crippen LogP contribution in [0.3, 0.4) is 0 Å². The summed E-state index contributed by atoms with van der Waals surface area (Å²) in [4.78, 5) is 25.4. The van der Waals surface area contributed by atoms with E-state index in [-0.39, 0.29) is 23.2 Å². The molecule has 1 aromatic rings. The lowest BCUT2D eigenvalue weighted by atomic mass is 10.1. The molecule has 20 heavy (non-hydrogen) atoms. The van der Waals surface area contributed by atoms with Gasteiger partial charge in [0.2, 0.25) is 0 Å². The highest BCUT2D eigenvalue weighted by Crippen LogP contribution is 2.36. The number of nitrogens with two attached hydrogens (primary N) is 2. The van der Waals surface area contributed by atoms with Gasteiger partial charge in [-0.25, -0.2) is 0 Å². The van der Waals surface area contributed by atoms with Crippen molar-refractivity contribution in [3.8, 4) is 0 Å². The zero-order valence-electron chi connectivity index (χ0n) is 12.5. The number of thiophene rings is 1. The van der Waals surface area contributed by atoms with E-state index in [4.69, 9.17) is 11.5 Å². The molecule has 5 N–H and O–H groups in total. The number of carbonyl (C=O) groups excluding carboxylic acids is 2. The molecule has 1 rings (SSSR count). The van der Waals surface area contributed by atoms with Crippen LogP contribution in [-0.2, 0) is 0 Å². The molecule has 0 spiro atoms. The SMILES string of the molecule is CC(C)C(C)Nc1sc(C(=O)N(C)C)c(N)c1C(N)=O. The molecule has 112 valence electrons. The van der Waals surface area contributed by atoms with Gasteiger partial charge in [0, 0.05) is 20.1 Å². The van der Waals surface area contributed by atoms with Crippen LogP contribution < -0.4 is 16.8 Å². The van der Waals surface area contributed by atoms with Crippen molar-refractivity contribution in [2.24, 2.45) is 11.7 Å². The van der Waals surface area contributed by atoms with Gasteiger partial charge in [-0.1, -0.05) is 13.8 Å². The predicted octanol–water partition coefficient (Wildman–Crippen LogP) is 1.59. The molecule has 0 aromatic carbocycles. The van der Waals surface area contributed by atoms with Crippen molar-refractivity contribution < 1.29 is 9.59 Å². The van der Waals surface area contributed by atoms with Gasteiger partial charge < -0.3 is 21.7 Å². The third kappa shape index (κ3) is 3.22. The second kappa shape index (κ2) is 6.13. The van der Waals surface area contributed by atoms with Gasteiger partial charge in [-0.15, -0.1) is 11.3 Å². The maximum atomic E-state index is 12.0. The van der Waals surface area contributed by atoms with Gasteiger partial charge in [0.1, 0.15) is 9.88 Å².